The summed E-state index contributed by atoms with van der Waals surface area (Å²) in [4.78, 5) is 0. The number of hydrogen-bond acceptors (Lipinski definition) is 1. The minimum Gasteiger partial charge on any atom is -0.496 e. The Balaban J connectivity index is 2.11. The van der Waals surface area contributed by atoms with Crippen LogP contribution in [0.2, 0.25) is 0 Å². The monoisotopic (exact) mass is 308 g/mol. The molecule has 0 N–H and O–H groups in total. The summed E-state index contributed by atoms with van der Waals surface area (Å²) in [5.41, 5.74) is 3.70. The topological polar surface area (TPSA) is 13.1 Å². The van der Waals surface area contributed by atoms with Gasteiger partial charge < -0.3 is 4.74 Å². The summed E-state index contributed by atoms with van der Waals surface area (Å²) in [6.45, 7) is 0. The zero-order chi connectivity index (χ0) is 16.6. The van der Waals surface area contributed by atoms with Gasteiger partial charge in [-0.1, -0.05) is 12.1 Å². The first-order valence-electron chi connectivity index (χ1n) is 7.79. The van der Waals surface area contributed by atoms with E-state index >= 15 is 0 Å². The Labute approximate surface area is 138 Å². The van der Waals surface area contributed by atoms with Crippen LogP contribution >= 0.6 is 0 Å². The Morgan fingerprint density at radius 2 is 1.65 bits per heavy atom. The van der Waals surface area contributed by atoms with Crippen molar-refractivity contribution in [1.82, 2.24) is 4.48 Å². The number of quaternary nitrogens is 1. The van der Waals surface area contributed by atoms with Gasteiger partial charge in [-0.3, -0.25) is 4.48 Å². The van der Waals surface area contributed by atoms with Crippen LogP contribution in [0.1, 0.15) is 0 Å². The summed E-state index contributed by atoms with van der Waals surface area (Å²) < 4.78 is 8.45. The zero-order valence-electron chi connectivity index (χ0n) is 14.5. The van der Waals surface area contributed by atoms with Gasteiger partial charge in [-0.2, -0.15) is 0 Å². The molecule has 3 aromatic rings. The molecule has 23 heavy (non-hydrogen) atoms. The first kappa shape index (κ1) is 15.5. The molecule has 1 heterocycles. The molecule has 3 rings (SSSR count). The van der Waals surface area contributed by atoms with Crippen molar-refractivity contribution in [3.8, 4) is 17.0 Å². The number of pyridine rings is 1. The Bertz CT molecular complexity index is 846. The lowest BCUT2D eigenvalue weighted by Crippen LogP contribution is -2.34. The SMILES string of the molecule is COc1cccc2cc(-c3ccc([N+](C)(C)C)cc3)[n+](C)cc12. The number of fused-ring (bicyclic) bond motifs is 1. The number of benzene rings is 2. The van der Waals surface area contributed by atoms with Gasteiger partial charge in [0, 0.05) is 11.6 Å². The summed E-state index contributed by atoms with van der Waals surface area (Å²) in [6.07, 6.45) is 2.14. The maximum atomic E-state index is 5.47. The second-order valence-electron chi connectivity index (χ2n) is 6.79. The number of aromatic nitrogens is 1. The number of ether oxygens (including phenoxy) is 1. The standard InChI is InChI=1S/C20H24N2O/c1-21-14-18-16(7-6-8-20(18)23-5)13-19(21)15-9-11-17(12-10-15)22(2,3)4/h6-14H,1-5H3/q+2. The van der Waals surface area contributed by atoms with Crippen molar-refractivity contribution in [3.05, 3.63) is 54.7 Å². The van der Waals surface area contributed by atoms with E-state index in [1.807, 2.05) is 12.1 Å². The summed E-state index contributed by atoms with van der Waals surface area (Å²) in [7, 11) is 10.3. The third-order valence-electron chi connectivity index (χ3n) is 4.25. The summed E-state index contributed by atoms with van der Waals surface area (Å²) >= 11 is 0. The van der Waals surface area contributed by atoms with E-state index < -0.39 is 0 Å². The smallest absolute Gasteiger partial charge is 0.212 e. The number of methoxy groups -OCH3 is 1. The van der Waals surface area contributed by atoms with Crippen molar-refractivity contribution in [1.29, 1.82) is 0 Å². The highest BCUT2D eigenvalue weighted by molar-refractivity contribution is 5.89. The summed E-state index contributed by atoms with van der Waals surface area (Å²) in [5, 5.41) is 2.32. The van der Waals surface area contributed by atoms with E-state index in [2.05, 4.69) is 75.4 Å². The van der Waals surface area contributed by atoms with Crippen LogP contribution in [-0.4, -0.2) is 28.3 Å². The molecule has 0 aliphatic rings. The lowest BCUT2D eigenvalue weighted by atomic mass is 10.1. The van der Waals surface area contributed by atoms with Crippen molar-refractivity contribution in [2.75, 3.05) is 28.3 Å². The third-order valence-corrected chi connectivity index (χ3v) is 4.25. The molecule has 0 bridgehead atoms. The molecule has 0 atom stereocenters. The minimum absolute atomic E-state index is 0.821. The van der Waals surface area contributed by atoms with Crippen molar-refractivity contribution >= 4 is 16.5 Å². The normalized spacial score (nSPS) is 11.7. The average Bonchev–Trinajstić information content (AvgIpc) is 2.53. The Hall–Kier alpha value is -2.39. The molecule has 0 aliphatic carbocycles. The molecule has 0 amide bonds. The molecular formula is C20H24N2O+2. The molecule has 118 valence electrons. The zero-order valence-corrected chi connectivity index (χ0v) is 14.5. The van der Waals surface area contributed by atoms with Gasteiger partial charge in [0.15, 0.2) is 6.20 Å². The van der Waals surface area contributed by atoms with Crippen LogP contribution in [0.15, 0.2) is 54.7 Å². The molecule has 0 fully saturated rings. The molecule has 0 saturated heterocycles. The van der Waals surface area contributed by atoms with Crippen LogP contribution in [0.25, 0.3) is 22.0 Å². The molecule has 2 aromatic carbocycles. The van der Waals surface area contributed by atoms with Gasteiger partial charge in [0.25, 0.3) is 0 Å². The van der Waals surface area contributed by atoms with Gasteiger partial charge in [0.05, 0.1) is 33.6 Å². The fourth-order valence-electron chi connectivity index (χ4n) is 2.88. The Kier molecular flexibility index (Phi) is 3.82. The summed E-state index contributed by atoms with van der Waals surface area (Å²) in [6, 6.07) is 17.2. The van der Waals surface area contributed by atoms with Gasteiger partial charge in [0.2, 0.25) is 5.69 Å². The fraction of sp³-hybridized carbons (Fsp3) is 0.250. The maximum absolute atomic E-state index is 5.47. The lowest BCUT2D eigenvalue weighted by Gasteiger charge is -2.23. The van der Waals surface area contributed by atoms with Crippen LogP contribution in [0.5, 0.6) is 5.75 Å². The first-order valence-corrected chi connectivity index (χ1v) is 7.79. The van der Waals surface area contributed by atoms with Gasteiger partial charge >= 0.3 is 0 Å². The first-order chi connectivity index (χ1) is 10.9. The molecule has 0 spiro atoms. The predicted molar refractivity (Wildman–Crippen MR) is 96.7 cm³/mol. The fourth-order valence-corrected chi connectivity index (χ4v) is 2.88. The van der Waals surface area contributed by atoms with Crippen LogP contribution < -0.4 is 13.8 Å². The van der Waals surface area contributed by atoms with E-state index in [1.165, 1.54) is 22.3 Å². The van der Waals surface area contributed by atoms with Crippen molar-refractivity contribution in [2.45, 2.75) is 0 Å². The summed E-state index contributed by atoms with van der Waals surface area (Å²) in [5.74, 6) is 0.907. The number of nitrogens with zero attached hydrogens (tertiary/aromatic N) is 2. The van der Waals surface area contributed by atoms with Crippen LogP contribution in [0.4, 0.5) is 5.69 Å². The molecule has 3 heteroatoms. The number of rotatable bonds is 3. The second kappa shape index (κ2) is 5.67. The maximum Gasteiger partial charge on any atom is 0.212 e. The van der Waals surface area contributed by atoms with E-state index in [1.54, 1.807) is 7.11 Å². The number of aryl methyl sites for hydroxylation is 1. The third kappa shape index (κ3) is 2.92. The van der Waals surface area contributed by atoms with Gasteiger partial charge in [-0.05, 0) is 35.7 Å². The largest absolute Gasteiger partial charge is 0.496 e. The van der Waals surface area contributed by atoms with Gasteiger partial charge in [-0.25, -0.2) is 4.57 Å². The molecule has 1 aromatic heterocycles. The quantitative estimate of drug-likeness (QED) is 0.533. The van der Waals surface area contributed by atoms with Crippen molar-refractivity contribution in [3.63, 3.8) is 0 Å². The van der Waals surface area contributed by atoms with Crippen LogP contribution in [0, 0.1) is 0 Å². The van der Waals surface area contributed by atoms with Crippen LogP contribution in [0.3, 0.4) is 0 Å². The second-order valence-corrected chi connectivity index (χ2v) is 6.79. The van der Waals surface area contributed by atoms with E-state index in [9.17, 15) is 0 Å². The average molecular weight is 308 g/mol. The molecule has 0 radical (unpaired) electrons. The van der Waals surface area contributed by atoms with E-state index in [0.29, 0.717) is 0 Å². The Morgan fingerprint density at radius 3 is 2.26 bits per heavy atom. The van der Waals surface area contributed by atoms with Crippen molar-refractivity contribution < 1.29 is 9.30 Å². The van der Waals surface area contributed by atoms with Crippen LogP contribution in [-0.2, 0) is 7.05 Å². The lowest BCUT2D eigenvalue weighted by molar-refractivity contribution is -0.659. The molecule has 3 nitrogen and oxygen atoms in total. The highest BCUT2D eigenvalue weighted by Gasteiger charge is 2.16. The highest BCUT2D eigenvalue weighted by atomic mass is 16.5. The van der Waals surface area contributed by atoms with Crippen molar-refractivity contribution in [2.24, 2.45) is 7.05 Å². The van der Waals surface area contributed by atoms with Gasteiger partial charge in [0.1, 0.15) is 18.5 Å². The van der Waals surface area contributed by atoms with E-state index in [4.69, 9.17) is 4.74 Å². The van der Waals surface area contributed by atoms with E-state index in [-0.39, 0.29) is 0 Å². The minimum atomic E-state index is 0.821. The Morgan fingerprint density at radius 1 is 0.957 bits per heavy atom. The van der Waals surface area contributed by atoms with E-state index in [0.717, 1.165) is 15.6 Å². The highest BCUT2D eigenvalue weighted by Crippen LogP contribution is 2.28. The molecule has 0 saturated carbocycles. The van der Waals surface area contributed by atoms with Gasteiger partial charge in [-0.15, -0.1) is 0 Å². The predicted octanol–water partition coefficient (Wildman–Crippen LogP) is 3.54. The molecule has 0 aliphatic heterocycles. The number of hydrogen-bond donors (Lipinski definition) is 0. The molecular weight excluding hydrogens is 284 g/mol. The molecule has 0 unspecified atom stereocenters.